The minimum atomic E-state index is -0.217. The van der Waals surface area contributed by atoms with Gasteiger partial charge in [-0.05, 0) is 35.7 Å². The smallest absolute Gasteiger partial charge is 0.280 e. The fraction of sp³-hybridized carbons (Fsp3) is 0.600. The molecule has 1 aromatic heterocycles. The van der Waals surface area contributed by atoms with Crippen LogP contribution in [0.5, 0.6) is 0 Å². The van der Waals surface area contributed by atoms with Gasteiger partial charge in [0.2, 0.25) is 0 Å². The van der Waals surface area contributed by atoms with Gasteiger partial charge in [0.05, 0.1) is 18.0 Å². The first-order chi connectivity index (χ1) is 7.70. The van der Waals surface area contributed by atoms with Crippen LogP contribution in [0.25, 0.3) is 0 Å². The molecule has 2 rings (SSSR count). The molecule has 1 aliphatic rings. The lowest BCUT2D eigenvalue weighted by Gasteiger charge is -2.36. The Balaban J connectivity index is 1.92. The SMILES string of the molecule is CCOC1CC(Nc2cn[nH]c(=O)c2Br)C1. The lowest BCUT2D eigenvalue weighted by molar-refractivity contribution is 0.00297. The Hall–Kier alpha value is -0.880. The predicted molar refractivity (Wildman–Crippen MR) is 64.6 cm³/mol. The summed E-state index contributed by atoms with van der Waals surface area (Å²) >= 11 is 3.23. The van der Waals surface area contributed by atoms with Crippen LogP contribution >= 0.6 is 15.9 Å². The van der Waals surface area contributed by atoms with E-state index in [1.807, 2.05) is 6.92 Å². The van der Waals surface area contributed by atoms with Crippen LogP contribution in [0.4, 0.5) is 5.69 Å². The van der Waals surface area contributed by atoms with Gasteiger partial charge in [-0.2, -0.15) is 5.10 Å². The molecule has 0 spiro atoms. The summed E-state index contributed by atoms with van der Waals surface area (Å²) in [5, 5.41) is 9.38. The Kier molecular flexibility index (Phi) is 3.60. The first-order valence-corrected chi connectivity index (χ1v) is 6.11. The molecule has 0 saturated heterocycles. The number of nitrogens with zero attached hydrogens (tertiary/aromatic N) is 1. The van der Waals surface area contributed by atoms with Crippen LogP contribution in [0.3, 0.4) is 0 Å². The molecule has 0 atom stereocenters. The molecule has 0 bridgehead atoms. The first-order valence-electron chi connectivity index (χ1n) is 5.32. The highest BCUT2D eigenvalue weighted by Crippen LogP contribution is 2.28. The van der Waals surface area contributed by atoms with E-state index in [0.29, 0.717) is 16.6 Å². The van der Waals surface area contributed by atoms with Crippen LogP contribution in [0.1, 0.15) is 19.8 Å². The fourth-order valence-corrected chi connectivity index (χ4v) is 2.06. The van der Waals surface area contributed by atoms with E-state index < -0.39 is 0 Å². The van der Waals surface area contributed by atoms with E-state index in [0.717, 1.165) is 25.1 Å². The monoisotopic (exact) mass is 287 g/mol. The summed E-state index contributed by atoms with van der Waals surface area (Å²) in [6, 6.07) is 0.372. The van der Waals surface area contributed by atoms with Gasteiger partial charge >= 0.3 is 0 Å². The van der Waals surface area contributed by atoms with Gasteiger partial charge in [0, 0.05) is 12.6 Å². The van der Waals surface area contributed by atoms with Gasteiger partial charge in [-0.3, -0.25) is 4.79 Å². The molecule has 5 nitrogen and oxygen atoms in total. The van der Waals surface area contributed by atoms with Crippen LogP contribution in [-0.4, -0.2) is 29.0 Å². The van der Waals surface area contributed by atoms with Gasteiger partial charge in [0.15, 0.2) is 0 Å². The number of hydrogen-bond donors (Lipinski definition) is 2. The summed E-state index contributed by atoms with van der Waals surface area (Å²) in [6.07, 6.45) is 3.93. The summed E-state index contributed by atoms with van der Waals surface area (Å²) in [5.74, 6) is 0. The molecule has 6 heteroatoms. The van der Waals surface area contributed by atoms with E-state index >= 15 is 0 Å². The summed E-state index contributed by atoms with van der Waals surface area (Å²) < 4.78 is 5.97. The molecule has 0 aliphatic heterocycles. The van der Waals surface area contributed by atoms with Crippen LogP contribution < -0.4 is 10.9 Å². The maximum Gasteiger partial charge on any atom is 0.280 e. The molecule has 1 aliphatic carbocycles. The van der Waals surface area contributed by atoms with Crippen molar-refractivity contribution in [1.29, 1.82) is 0 Å². The molecule has 0 unspecified atom stereocenters. The summed E-state index contributed by atoms with van der Waals surface area (Å²) in [4.78, 5) is 11.3. The largest absolute Gasteiger partial charge is 0.380 e. The molecule has 1 heterocycles. The number of ether oxygens (including phenoxy) is 1. The van der Waals surface area contributed by atoms with Crippen molar-refractivity contribution in [1.82, 2.24) is 10.2 Å². The third-order valence-corrected chi connectivity index (χ3v) is 3.44. The summed E-state index contributed by atoms with van der Waals surface area (Å²) in [7, 11) is 0. The van der Waals surface area contributed by atoms with E-state index in [9.17, 15) is 4.79 Å². The van der Waals surface area contributed by atoms with Gasteiger partial charge in [-0.15, -0.1) is 0 Å². The highest BCUT2D eigenvalue weighted by atomic mass is 79.9. The van der Waals surface area contributed by atoms with Crippen LogP contribution in [-0.2, 0) is 4.74 Å². The van der Waals surface area contributed by atoms with Gasteiger partial charge in [-0.1, -0.05) is 0 Å². The normalized spacial score (nSPS) is 23.9. The summed E-state index contributed by atoms with van der Waals surface area (Å²) in [5.41, 5.74) is 0.523. The quantitative estimate of drug-likeness (QED) is 0.881. The number of H-pyrrole nitrogens is 1. The lowest BCUT2D eigenvalue weighted by Crippen LogP contribution is -2.41. The van der Waals surface area contributed by atoms with E-state index in [2.05, 4.69) is 31.4 Å². The number of aromatic amines is 1. The lowest BCUT2D eigenvalue weighted by atomic mass is 9.89. The standard InChI is InChI=1S/C10H14BrN3O2/c1-2-16-7-3-6(4-7)13-8-5-12-14-10(15)9(8)11/h5-7H,2-4H2,1H3,(H2,13,14,15). The van der Waals surface area contributed by atoms with Crippen molar-refractivity contribution in [2.24, 2.45) is 0 Å². The average Bonchev–Trinajstić information content (AvgIpc) is 2.21. The molecular weight excluding hydrogens is 274 g/mol. The highest BCUT2D eigenvalue weighted by molar-refractivity contribution is 9.10. The van der Waals surface area contributed by atoms with Crippen molar-refractivity contribution in [3.05, 3.63) is 21.0 Å². The van der Waals surface area contributed by atoms with E-state index in [1.165, 1.54) is 0 Å². The average molecular weight is 288 g/mol. The van der Waals surface area contributed by atoms with E-state index in [1.54, 1.807) is 6.20 Å². The minimum Gasteiger partial charge on any atom is -0.380 e. The molecule has 0 aromatic carbocycles. The van der Waals surface area contributed by atoms with Crippen molar-refractivity contribution < 1.29 is 4.74 Å². The fourth-order valence-electron chi connectivity index (χ4n) is 1.76. The van der Waals surface area contributed by atoms with Crippen molar-refractivity contribution in [2.45, 2.75) is 31.9 Å². The number of nitrogens with one attached hydrogen (secondary N) is 2. The second-order valence-corrected chi connectivity index (χ2v) is 4.61. The molecule has 16 heavy (non-hydrogen) atoms. The van der Waals surface area contributed by atoms with Crippen molar-refractivity contribution in [3.8, 4) is 0 Å². The van der Waals surface area contributed by atoms with Crippen molar-refractivity contribution >= 4 is 21.6 Å². The van der Waals surface area contributed by atoms with Crippen molar-refractivity contribution in [3.63, 3.8) is 0 Å². The third kappa shape index (κ3) is 2.44. The molecule has 2 N–H and O–H groups in total. The van der Waals surface area contributed by atoms with Crippen LogP contribution in [0.2, 0.25) is 0 Å². The van der Waals surface area contributed by atoms with Crippen LogP contribution in [0, 0.1) is 0 Å². The van der Waals surface area contributed by atoms with Gasteiger partial charge in [0.25, 0.3) is 5.56 Å². The second-order valence-electron chi connectivity index (χ2n) is 3.82. The first kappa shape index (κ1) is 11.6. The number of halogens is 1. The van der Waals surface area contributed by atoms with Gasteiger partial charge in [-0.25, -0.2) is 5.10 Å². The van der Waals surface area contributed by atoms with Crippen LogP contribution in [0.15, 0.2) is 15.5 Å². The minimum absolute atomic E-state index is 0.217. The Morgan fingerprint density at radius 1 is 1.69 bits per heavy atom. The Labute approximate surface area is 102 Å². The molecule has 1 saturated carbocycles. The molecule has 1 fully saturated rings. The summed E-state index contributed by atoms with van der Waals surface area (Å²) in [6.45, 7) is 2.76. The van der Waals surface area contributed by atoms with Crippen molar-refractivity contribution in [2.75, 3.05) is 11.9 Å². The maximum atomic E-state index is 11.3. The third-order valence-electron chi connectivity index (χ3n) is 2.65. The zero-order valence-corrected chi connectivity index (χ0v) is 10.6. The maximum absolute atomic E-state index is 11.3. The molecule has 88 valence electrons. The Bertz CT molecular complexity index is 415. The topological polar surface area (TPSA) is 67.0 Å². The highest BCUT2D eigenvalue weighted by Gasteiger charge is 2.29. The number of anilines is 1. The van der Waals surface area contributed by atoms with Gasteiger partial charge in [0.1, 0.15) is 4.47 Å². The number of rotatable bonds is 4. The molecule has 0 radical (unpaired) electrons. The molecular formula is C10H14BrN3O2. The van der Waals surface area contributed by atoms with E-state index in [-0.39, 0.29) is 5.56 Å². The molecule has 1 aromatic rings. The Morgan fingerprint density at radius 3 is 3.12 bits per heavy atom. The van der Waals surface area contributed by atoms with E-state index in [4.69, 9.17) is 4.74 Å². The number of aromatic nitrogens is 2. The van der Waals surface area contributed by atoms with Gasteiger partial charge < -0.3 is 10.1 Å². The number of hydrogen-bond acceptors (Lipinski definition) is 4. The molecule has 0 amide bonds. The zero-order valence-electron chi connectivity index (χ0n) is 9.00. The predicted octanol–water partition coefficient (Wildman–Crippen LogP) is 1.51. The second kappa shape index (κ2) is 4.97. The zero-order chi connectivity index (χ0) is 11.5. The Morgan fingerprint density at radius 2 is 2.44 bits per heavy atom.